The van der Waals surface area contributed by atoms with Crippen molar-refractivity contribution < 1.29 is 13.2 Å². The fraction of sp³-hybridized carbons (Fsp3) is 0. The number of rotatable bonds is 3. The largest absolute Gasteiger partial charge is 0.298 e. The molecule has 106 valence electrons. The highest BCUT2D eigenvalue weighted by Gasteiger charge is 2.20. The first kappa shape index (κ1) is 14.0. The Bertz CT molecular complexity index is 930. The molecule has 0 fully saturated rings. The third-order valence-corrected chi connectivity index (χ3v) is 5.37. The standard InChI is InChI=1S/C15H10BrNO3S/c16-12-6-7-15-14(8-12)11(10-18)9-17(15)21(19,20)13-4-2-1-3-5-13/h1-10H. The molecule has 2 aromatic carbocycles. The first-order valence-corrected chi connectivity index (χ1v) is 8.34. The number of benzene rings is 2. The lowest BCUT2D eigenvalue weighted by Gasteiger charge is -2.07. The lowest BCUT2D eigenvalue weighted by molar-refractivity contribution is 0.112. The van der Waals surface area contributed by atoms with Crippen LogP contribution in [0, 0.1) is 0 Å². The van der Waals surface area contributed by atoms with Gasteiger partial charge in [-0.15, -0.1) is 0 Å². The van der Waals surface area contributed by atoms with Crippen molar-refractivity contribution in [3.05, 3.63) is 64.8 Å². The number of hydrogen-bond acceptors (Lipinski definition) is 3. The molecule has 21 heavy (non-hydrogen) atoms. The number of nitrogens with zero attached hydrogens (tertiary/aromatic N) is 1. The second-order valence-corrected chi connectivity index (χ2v) is 7.21. The number of hydrogen-bond donors (Lipinski definition) is 0. The van der Waals surface area contributed by atoms with Crippen LogP contribution in [-0.2, 0) is 10.0 Å². The third kappa shape index (κ3) is 2.30. The van der Waals surface area contributed by atoms with E-state index in [4.69, 9.17) is 0 Å². The van der Waals surface area contributed by atoms with Gasteiger partial charge < -0.3 is 0 Å². The van der Waals surface area contributed by atoms with Gasteiger partial charge in [0.25, 0.3) is 10.0 Å². The second kappa shape index (κ2) is 5.13. The third-order valence-electron chi connectivity index (χ3n) is 3.19. The van der Waals surface area contributed by atoms with Gasteiger partial charge in [-0.25, -0.2) is 12.4 Å². The molecule has 0 bridgehead atoms. The fourth-order valence-corrected chi connectivity index (χ4v) is 3.96. The normalized spacial score (nSPS) is 11.7. The van der Waals surface area contributed by atoms with Gasteiger partial charge in [-0.2, -0.15) is 0 Å². The van der Waals surface area contributed by atoms with E-state index in [1.165, 1.54) is 18.3 Å². The molecule has 4 nitrogen and oxygen atoms in total. The first-order chi connectivity index (χ1) is 10.0. The van der Waals surface area contributed by atoms with Gasteiger partial charge in [-0.1, -0.05) is 34.1 Å². The molecule has 3 aromatic rings. The van der Waals surface area contributed by atoms with E-state index in [2.05, 4.69) is 15.9 Å². The summed E-state index contributed by atoms with van der Waals surface area (Å²) < 4.78 is 27.3. The van der Waals surface area contributed by atoms with Gasteiger partial charge in [-0.05, 0) is 30.3 Å². The maximum atomic E-state index is 12.7. The fourth-order valence-electron chi connectivity index (χ4n) is 2.20. The molecule has 0 radical (unpaired) electrons. The zero-order valence-corrected chi connectivity index (χ0v) is 13.1. The SMILES string of the molecule is O=Cc1cn(S(=O)(=O)c2ccccc2)c2ccc(Br)cc12. The Morgan fingerprint density at radius 2 is 1.76 bits per heavy atom. The summed E-state index contributed by atoms with van der Waals surface area (Å²) in [6, 6.07) is 13.3. The summed E-state index contributed by atoms with van der Waals surface area (Å²) in [5.41, 5.74) is 0.815. The van der Waals surface area contributed by atoms with Crippen LogP contribution in [0.1, 0.15) is 10.4 Å². The zero-order chi connectivity index (χ0) is 15.0. The molecule has 0 saturated carbocycles. The van der Waals surface area contributed by atoms with E-state index < -0.39 is 10.0 Å². The summed E-state index contributed by atoms with van der Waals surface area (Å²) >= 11 is 3.33. The van der Waals surface area contributed by atoms with Crippen LogP contribution in [0.15, 0.2) is 64.1 Å². The lowest BCUT2D eigenvalue weighted by Crippen LogP contribution is -2.11. The molecule has 0 spiro atoms. The van der Waals surface area contributed by atoms with Crippen LogP contribution in [0.2, 0.25) is 0 Å². The molecular weight excluding hydrogens is 354 g/mol. The van der Waals surface area contributed by atoms with E-state index in [9.17, 15) is 13.2 Å². The van der Waals surface area contributed by atoms with Gasteiger partial charge in [0.15, 0.2) is 6.29 Å². The lowest BCUT2D eigenvalue weighted by atomic mass is 10.2. The molecule has 0 atom stereocenters. The van der Waals surface area contributed by atoms with Crippen molar-refractivity contribution >= 4 is 43.1 Å². The van der Waals surface area contributed by atoms with Gasteiger partial charge in [0.2, 0.25) is 0 Å². The van der Waals surface area contributed by atoms with E-state index in [-0.39, 0.29) is 4.90 Å². The number of aromatic nitrogens is 1. The molecule has 0 aliphatic heterocycles. The average molecular weight is 364 g/mol. The van der Waals surface area contributed by atoms with Crippen LogP contribution in [0.3, 0.4) is 0 Å². The second-order valence-electron chi connectivity index (χ2n) is 4.48. The predicted octanol–water partition coefficient (Wildman–Crippen LogP) is 3.45. The van der Waals surface area contributed by atoms with E-state index in [1.807, 2.05) is 0 Å². The monoisotopic (exact) mass is 363 g/mol. The summed E-state index contributed by atoms with van der Waals surface area (Å²) in [5, 5.41) is 0.596. The molecular formula is C15H10BrNO3S. The summed E-state index contributed by atoms with van der Waals surface area (Å²) in [6.45, 7) is 0. The minimum atomic E-state index is -3.73. The van der Waals surface area contributed by atoms with Crippen LogP contribution in [0.4, 0.5) is 0 Å². The molecule has 0 aliphatic carbocycles. The highest BCUT2D eigenvalue weighted by molar-refractivity contribution is 9.10. The van der Waals surface area contributed by atoms with Gasteiger partial charge in [0, 0.05) is 21.6 Å². The summed E-state index contributed by atoms with van der Waals surface area (Å²) in [4.78, 5) is 11.4. The number of aldehydes is 1. The molecule has 0 saturated heterocycles. The van der Waals surface area contributed by atoms with Crippen LogP contribution >= 0.6 is 15.9 Å². The average Bonchev–Trinajstić information content (AvgIpc) is 2.86. The topological polar surface area (TPSA) is 56.1 Å². The Morgan fingerprint density at radius 3 is 2.43 bits per heavy atom. The van der Waals surface area contributed by atoms with E-state index in [0.29, 0.717) is 22.8 Å². The van der Waals surface area contributed by atoms with Gasteiger partial charge >= 0.3 is 0 Å². The molecule has 0 amide bonds. The van der Waals surface area contributed by atoms with Crippen molar-refractivity contribution in [1.29, 1.82) is 0 Å². The number of carbonyl (C=O) groups excluding carboxylic acids is 1. The molecule has 0 N–H and O–H groups in total. The predicted molar refractivity (Wildman–Crippen MR) is 84.1 cm³/mol. The van der Waals surface area contributed by atoms with Gasteiger partial charge in [0.05, 0.1) is 10.4 Å². The van der Waals surface area contributed by atoms with Crippen molar-refractivity contribution in [2.75, 3.05) is 0 Å². The molecule has 3 rings (SSSR count). The van der Waals surface area contributed by atoms with Crippen molar-refractivity contribution in [2.45, 2.75) is 4.90 Å². The molecule has 6 heteroatoms. The molecule has 0 aliphatic rings. The highest BCUT2D eigenvalue weighted by atomic mass is 79.9. The quantitative estimate of drug-likeness (QED) is 0.669. The Labute approximate surface area is 130 Å². The van der Waals surface area contributed by atoms with E-state index >= 15 is 0 Å². The highest BCUT2D eigenvalue weighted by Crippen LogP contribution is 2.27. The number of fused-ring (bicyclic) bond motifs is 1. The van der Waals surface area contributed by atoms with Crippen molar-refractivity contribution in [3.63, 3.8) is 0 Å². The van der Waals surface area contributed by atoms with Crippen molar-refractivity contribution in [2.24, 2.45) is 0 Å². The maximum absolute atomic E-state index is 12.7. The minimum absolute atomic E-state index is 0.183. The van der Waals surface area contributed by atoms with Crippen LogP contribution in [0.25, 0.3) is 10.9 Å². The van der Waals surface area contributed by atoms with Crippen molar-refractivity contribution in [3.8, 4) is 0 Å². The Hall–Kier alpha value is -1.92. The van der Waals surface area contributed by atoms with Gasteiger partial charge in [-0.3, -0.25) is 4.79 Å². The van der Waals surface area contributed by atoms with Crippen LogP contribution in [0.5, 0.6) is 0 Å². The molecule has 1 aromatic heterocycles. The summed E-state index contributed by atoms with van der Waals surface area (Å²) in [7, 11) is -3.73. The zero-order valence-electron chi connectivity index (χ0n) is 10.7. The van der Waals surface area contributed by atoms with E-state index in [1.54, 1.807) is 36.4 Å². The first-order valence-electron chi connectivity index (χ1n) is 6.10. The summed E-state index contributed by atoms with van der Waals surface area (Å²) in [6.07, 6.45) is 2.01. The van der Waals surface area contributed by atoms with Gasteiger partial charge in [0.1, 0.15) is 0 Å². The number of halogens is 1. The number of carbonyl (C=O) groups is 1. The Kier molecular flexibility index (Phi) is 3.43. The smallest absolute Gasteiger partial charge is 0.268 e. The summed E-state index contributed by atoms with van der Waals surface area (Å²) in [5.74, 6) is 0. The molecule has 1 heterocycles. The Balaban J connectivity index is 2.33. The van der Waals surface area contributed by atoms with E-state index in [0.717, 1.165) is 8.45 Å². The van der Waals surface area contributed by atoms with Crippen LogP contribution in [-0.4, -0.2) is 18.7 Å². The maximum Gasteiger partial charge on any atom is 0.268 e. The Morgan fingerprint density at radius 1 is 1.05 bits per heavy atom. The van der Waals surface area contributed by atoms with Crippen molar-refractivity contribution in [1.82, 2.24) is 3.97 Å². The minimum Gasteiger partial charge on any atom is -0.298 e. The molecule has 0 unspecified atom stereocenters. The van der Waals surface area contributed by atoms with Crippen LogP contribution < -0.4 is 0 Å².